The van der Waals surface area contributed by atoms with Gasteiger partial charge in [-0.25, -0.2) is 4.98 Å². The molecule has 0 aliphatic rings. The summed E-state index contributed by atoms with van der Waals surface area (Å²) >= 11 is 0. The van der Waals surface area contributed by atoms with Crippen molar-refractivity contribution in [1.29, 1.82) is 0 Å². The Morgan fingerprint density at radius 1 is 1.39 bits per heavy atom. The van der Waals surface area contributed by atoms with Crippen molar-refractivity contribution in [2.75, 3.05) is 0 Å². The van der Waals surface area contributed by atoms with Gasteiger partial charge in [-0.15, -0.1) is 0 Å². The number of para-hydroxylation sites is 1. The number of phenolic OH excluding ortho intramolecular Hbond substituents is 1. The quantitative estimate of drug-likeness (QED) is 0.726. The lowest BCUT2D eigenvalue weighted by Crippen LogP contribution is -2.23. The van der Waals surface area contributed by atoms with Crippen molar-refractivity contribution >= 4 is 5.91 Å². The van der Waals surface area contributed by atoms with Gasteiger partial charge in [-0.05, 0) is 18.1 Å². The number of carbonyl (C=O) groups excluding carboxylic acids is 1. The zero-order valence-corrected chi connectivity index (χ0v) is 9.76. The predicted molar refractivity (Wildman–Crippen MR) is 64.7 cm³/mol. The number of benzene rings is 1. The first-order valence-electron chi connectivity index (χ1n) is 5.63. The highest BCUT2D eigenvalue weighted by Crippen LogP contribution is 2.16. The zero-order chi connectivity index (χ0) is 12.8. The van der Waals surface area contributed by atoms with Crippen LogP contribution < -0.4 is 5.32 Å². The van der Waals surface area contributed by atoms with Gasteiger partial charge in [0, 0.05) is 6.42 Å². The third-order valence-corrected chi connectivity index (χ3v) is 2.53. The van der Waals surface area contributed by atoms with Crippen LogP contribution in [0.4, 0.5) is 0 Å². The molecule has 0 aliphatic heterocycles. The number of aromatic nitrogens is 3. The van der Waals surface area contributed by atoms with Crippen LogP contribution in [-0.4, -0.2) is 26.2 Å². The number of aromatic hydroxyl groups is 1. The Balaban J connectivity index is 1.77. The molecule has 0 saturated carbocycles. The molecule has 0 spiro atoms. The number of carbonyl (C=O) groups is 1. The first-order valence-corrected chi connectivity index (χ1v) is 5.63. The molecule has 3 N–H and O–H groups in total. The molecule has 6 heteroatoms. The molecule has 0 saturated heterocycles. The lowest BCUT2D eigenvalue weighted by atomic mass is 10.1. The summed E-state index contributed by atoms with van der Waals surface area (Å²) in [7, 11) is 0. The second-order valence-electron chi connectivity index (χ2n) is 3.84. The Morgan fingerprint density at radius 3 is 2.94 bits per heavy atom. The second kappa shape index (κ2) is 5.81. The fraction of sp³-hybridized carbons (Fsp3) is 0.250. The topological polar surface area (TPSA) is 90.9 Å². The Kier molecular flexibility index (Phi) is 3.90. The minimum Gasteiger partial charge on any atom is -0.508 e. The number of H-pyrrole nitrogens is 1. The summed E-state index contributed by atoms with van der Waals surface area (Å²) in [6.45, 7) is 0.333. The van der Waals surface area contributed by atoms with E-state index in [1.807, 2.05) is 6.07 Å². The maximum Gasteiger partial charge on any atom is 0.220 e. The molecule has 1 amide bonds. The highest BCUT2D eigenvalue weighted by molar-refractivity contribution is 5.76. The monoisotopic (exact) mass is 246 g/mol. The van der Waals surface area contributed by atoms with Crippen molar-refractivity contribution in [2.45, 2.75) is 19.4 Å². The molecule has 0 aliphatic carbocycles. The Hall–Kier alpha value is -2.37. The average Bonchev–Trinajstić information content (AvgIpc) is 2.88. The van der Waals surface area contributed by atoms with Gasteiger partial charge in [0.2, 0.25) is 5.91 Å². The number of hydrogen-bond donors (Lipinski definition) is 3. The van der Waals surface area contributed by atoms with Crippen molar-refractivity contribution in [1.82, 2.24) is 20.5 Å². The standard InChI is InChI=1S/C12H14N4O2/c17-10-4-2-1-3-9(10)5-6-12(18)13-7-11-14-8-15-16-11/h1-4,8,17H,5-7H2,(H,13,18)(H,14,15,16). The SMILES string of the molecule is O=C(CCc1ccccc1O)NCc1ncn[nH]1. The Labute approximate surface area is 104 Å². The van der Waals surface area contributed by atoms with E-state index in [0.29, 0.717) is 25.2 Å². The zero-order valence-electron chi connectivity index (χ0n) is 9.76. The summed E-state index contributed by atoms with van der Waals surface area (Å²) in [5, 5.41) is 18.6. The number of rotatable bonds is 5. The molecule has 18 heavy (non-hydrogen) atoms. The van der Waals surface area contributed by atoms with Crippen LogP contribution in [0.5, 0.6) is 5.75 Å². The number of amides is 1. The summed E-state index contributed by atoms with van der Waals surface area (Å²) in [5.74, 6) is 0.751. The van der Waals surface area contributed by atoms with Crippen LogP contribution in [-0.2, 0) is 17.8 Å². The molecule has 0 radical (unpaired) electrons. The van der Waals surface area contributed by atoms with Gasteiger partial charge in [0.15, 0.2) is 0 Å². The largest absolute Gasteiger partial charge is 0.508 e. The third-order valence-electron chi connectivity index (χ3n) is 2.53. The lowest BCUT2D eigenvalue weighted by molar-refractivity contribution is -0.121. The van der Waals surface area contributed by atoms with Gasteiger partial charge in [0.05, 0.1) is 6.54 Å². The molecule has 0 atom stereocenters. The van der Waals surface area contributed by atoms with E-state index < -0.39 is 0 Å². The van der Waals surface area contributed by atoms with Gasteiger partial charge in [-0.3, -0.25) is 9.89 Å². The van der Waals surface area contributed by atoms with Gasteiger partial charge in [0.1, 0.15) is 17.9 Å². The fourth-order valence-corrected chi connectivity index (χ4v) is 1.56. The van der Waals surface area contributed by atoms with Gasteiger partial charge in [0.25, 0.3) is 0 Å². The Morgan fingerprint density at radius 2 is 2.22 bits per heavy atom. The number of hydrogen-bond acceptors (Lipinski definition) is 4. The molecule has 0 unspecified atom stereocenters. The number of nitrogens with zero attached hydrogens (tertiary/aromatic N) is 2. The average molecular weight is 246 g/mol. The molecule has 1 aromatic carbocycles. The molecule has 1 heterocycles. The summed E-state index contributed by atoms with van der Waals surface area (Å²) in [6, 6.07) is 7.01. The summed E-state index contributed by atoms with van der Waals surface area (Å²) in [5.41, 5.74) is 0.771. The van der Waals surface area contributed by atoms with E-state index in [-0.39, 0.29) is 11.7 Å². The van der Waals surface area contributed by atoms with Crippen LogP contribution in [0.15, 0.2) is 30.6 Å². The first-order chi connectivity index (χ1) is 8.75. The molecular weight excluding hydrogens is 232 g/mol. The molecule has 2 rings (SSSR count). The van der Waals surface area contributed by atoms with Gasteiger partial charge < -0.3 is 10.4 Å². The molecule has 2 aromatic rings. The highest BCUT2D eigenvalue weighted by atomic mass is 16.3. The minimum absolute atomic E-state index is 0.0883. The summed E-state index contributed by atoms with van der Waals surface area (Å²) < 4.78 is 0. The van der Waals surface area contributed by atoms with Crippen molar-refractivity contribution in [3.8, 4) is 5.75 Å². The highest BCUT2D eigenvalue weighted by Gasteiger charge is 2.05. The van der Waals surface area contributed by atoms with Crippen molar-refractivity contribution < 1.29 is 9.90 Å². The van der Waals surface area contributed by atoms with Gasteiger partial charge in [-0.1, -0.05) is 18.2 Å². The Bertz CT molecular complexity index is 511. The maximum atomic E-state index is 11.6. The fourth-order valence-electron chi connectivity index (χ4n) is 1.56. The lowest BCUT2D eigenvalue weighted by Gasteiger charge is -2.05. The molecule has 0 bridgehead atoms. The van der Waals surface area contributed by atoms with Crippen molar-refractivity contribution in [3.05, 3.63) is 42.0 Å². The van der Waals surface area contributed by atoms with E-state index >= 15 is 0 Å². The van der Waals surface area contributed by atoms with Crippen molar-refractivity contribution in [2.24, 2.45) is 0 Å². The van der Waals surface area contributed by atoms with Crippen LogP contribution in [0.3, 0.4) is 0 Å². The van der Waals surface area contributed by atoms with Gasteiger partial charge >= 0.3 is 0 Å². The van der Waals surface area contributed by atoms with Crippen LogP contribution in [0.25, 0.3) is 0 Å². The van der Waals surface area contributed by atoms with E-state index in [0.717, 1.165) is 5.56 Å². The summed E-state index contributed by atoms with van der Waals surface area (Å²) in [6.07, 6.45) is 2.23. The first kappa shape index (κ1) is 12.1. The van der Waals surface area contributed by atoms with Crippen molar-refractivity contribution in [3.63, 3.8) is 0 Å². The molecule has 0 fully saturated rings. The second-order valence-corrected chi connectivity index (χ2v) is 3.84. The van der Waals surface area contributed by atoms with Crippen LogP contribution in [0.2, 0.25) is 0 Å². The number of aromatic amines is 1. The molecule has 6 nitrogen and oxygen atoms in total. The van der Waals surface area contributed by atoms with Crippen LogP contribution in [0.1, 0.15) is 17.8 Å². The predicted octanol–water partition coefficient (Wildman–Crippen LogP) is 0.759. The van der Waals surface area contributed by atoms with E-state index in [4.69, 9.17) is 0 Å². The van der Waals surface area contributed by atoms with E-state index in [9.17, 15) is 9.90 Å². The third kappa shape index (κ3) is 3.31. The van der Waals surface area contributed by atoms with Crippen LogP contribution in [0, 0.1) is 0 Å². The van der Waals surface area contributed by atoms with Gasteiger partial charge in [-0.2, -0.15) is 5.10 Å². The molecule has 94 valence electrons. The molecular formula is C12H14N4O2. The maximum absolute atomic E-state index is 11.6. The summed E-state index contributed by atoms with van der Waals surface area (Å²) in [4.78, 5) is 15.5. The van der Waals surface area contributed by atoms with E-state index in [1.165, 1.54) is 6.33 Å². The van der Waals surface area contributed by atoms with Crippen LogP contribution >= 0.6 is 0 Å². The smallest absolute Gasteiger partial charge is 0.220 e. The van der Waals surface area contributed by atoms with E-state index in [1.54, 1.807) is 18.2 Å². The number of aryl methyl sites for hydroxylation is 1. The minimum atomic E-state index is -0.0883. The molecule has 1 aromatic heterocycles. The van der Waals surface area contributed by atoms with E-state index in [2.05, 4.69) is 20.5 Å². The normalized spacial score (nSPS) is 10.2. The number of phenols is 1. The number of nitrogens with one attached hydrogen (secondary N) is 2.